The van der Waals surface area contributed by atoms with Gasteiger partial charge in [0, 0.05) is 0 Å². The van der Waals surface area contributed by atoms with Crippen LogP contribution >= 0.6 is 11.6 Å². The molecule has 2 unspecified atom stereocenters. The molecule has 3 N–H and O–H groups in total. The van der Waals surface area contributed by atoms with Crippen LogP contribution in [0.2, 0.25) is 5.02 Å². The molecular weight excluding hydrogens is 252 g/mol. The molecule has 0 aliphatic carbocycles. The molecule has 6 heteroatoms. The third-order valence-corrected chi connectivity index (χ3v) is 2.76. The van der Waals surface area contributed by atoms with Crippen molar-refractivity contribution in [1.29, 1.82) is 0 Å². The predicted octanol–water partition coefficient (Wildman–Crippen LogP) is 1.62. The summed E-state index contributed by atoms with van der Waals surface area (Å²) in [6.45, 7) is 0.483. The average molecular weight is 266 g/mol. The zero-order valence-electron chi connectivity index (χ0n) is 9.25. The van der Waals surface area contributed by atoms with Crippen molar-refractivity contribution in [2.24, 2.45) is 0 Å². The SMILES string of the molecule is CNCCC(O)C(O)c1cc(F)c(Cl)c(F)c1. The molecule has 0 radical (unpaired) electrons. The first-order chi connectivity index (χ1) is 7.97. The van der Waals surface area contributed by atoms with Crippen molar-refractivity contribution < 1.29 is 19.0 Å². The Bertz CT molecular complexity index is 367. The minimum absolute atomic E-state index is 0.0343. The molecule has 3 nitrogen and oxygen atoms in total. The standard InChI is InChI=1S/C11H14ClF2NO2/c1-15-3-2-9(16)11(17)6-4-7(13)10(12)8(14)5-6/h4-5,9,11,15-17H,2-3H2,1H3. The molecule has 0 spiro atoms. The highest BCUT2D eigenvalue weighted by molar-refractivity contribution is 6.30. The first-order valence-electron chi connectivity index (χ1n) is 5.12. The topological polar surface area (TPSA) is 52.5 Å². The van der Waals surface area contributed by atoms with E-state index in [2.05, 4.69) is 5.32 Å². The number of aliphatic hydroxyl groups is 2. The molecule has 96 valence electrons. The Kier molecular flexibility index (Phi) is 5.27. The van der Waals surface area contributed by atoms with E-state index in [-0.39, 0.29) is 12.0 Å². The van der Waals surface area contributed by atoms with E-state index >= 15 is 0 Å². The minimum atomic E-state index is -1.34. The summed E-state index contributed by atoms with van der Waals surface area (Å²) in [5, 5.41) is 21.5. The molecule has 0 aliphatic heterocycles. The second kappa shape index (κ2) is 6.26. The van der Waals surface area contributed by atoms with Gasteiger partial charge in [0.2, 0.25) is 0 Å². The van der Waals surface area contributed by atoms with Gasteiger partial charge in [-0.3, -0.25) is 0 Å². The van der Waals surface area contributed by atoms with Crippen molar-refractivity contribution in [3.8, 4) is 0 Å². The van der Waals surface area contributed by atoms with Crippen LogP contribution in [0.5, 0.6) is 0 Å². The van der Waals surface area contributed by atoms with Crippen LogP contribution in [0, 0.1) is 11.6 Å². The van der Waals surface area contributed by atoms with E-state index in [1.54, 1.807) is 7.05 Å². The lowest BCUT2D eigenvalue weighted by molar-refractivity contribution is 0.0137. The number of nitrogens with one attached hydrogen (secondary N) is 1. The molecule has 1 aromatic carbocycles. The summed E-state index contributed by atoms with van der Waals surface area (Å²) in [4.78, 5) is 0. The lowest BCUT2D eigenvalue weighted by Gasteiger charge is -2.18. The molecule has 1 rings (SSSR count). The lowest BCUT2D eigenvalue weighted by atomic mass is 10.0. The van der Waals surface area contributed by atoms with Crippen molar-refractivity contribution in [1.82, 2.24) is 5.32 Å². The van der Waals surface area contributed by atoms with E-state index in [1.807, 2.05) is 0 Å². The molecule has 0 amide bonds. The normalized spacial score (nSPS) is 14.7. The van der Waals surface area contributed by atoms with Gasteiger partial charge in [-0.15, -0.1) is 0 Å². The maximum Gasteiger partial charge on any atom is 0.145 e. The Labute approximate surface area is 103 Å². The van der Waals surface area contributed by atoms with Crippen molar-refractivity contribution in [2.45, 2.75) is 18.6 Å². The van der Waals surface area contributed by atoms with E-state index in [4.69, 9.17) is 11.6 Å². The van der Waals surface area contributed by atoms with Gasteiger partial charge >= 0.3 is 0 Å². The van der Waals surface area contributed by atoms with Gasteiger partial charge in [-0.2, -0.15) is 0 Å². The second-order valence-electron chi connectivity index (χ2n) is 3.70. The smallest absolute Gasteiger partial charge is 0.145 e. The third-order valence-electron chi connectivity index (χ3n) is 2.40. The van der Waals surface area contributed by atoms with Gasteiger partial charge in [-0.1, -0.05) is 11.6 Å². The fourth-order valence-electron chi connectivity index (χ4n) is 1.42. The van der Waals surface area contributed by atoms with Gasteiger partial charge in [-0.05, 0) is 37.7 Å². The molecule has 0 aliphatic rings. The van der Waals surface area contributed by atoms with E-state index < -0.39 is 28.9 Å². The number of hydrogen-bond donors (Lipinski definition) is 3. The molecular formula is C11H14ClF2NO2. The lowest BCUT2D eigenvalue weighted by Crippen LogP contribution is -2.23. The van der Waals surface area contributed by atoms with Crippen molar-refractivity contribution in [3.63, 3.8) is 0 Å². The number of benzene rings is 1. The highest BCUT2D eigenvalue weighted by atomic mass is 35.5. The molecule has 17 heavy (non-hydrogen) atoms. The van der Waals surface area contributed by atoms with Crippen LogP contribution in [0.1, 0.15) is 18.1 Å². The van der Waals surface area contributed by atoms with Gasteiger partial charge in [0.15, 0.2) is 0 Å². The fourth-order valence-corrected chi connectivity index (χ4v) is 1.53. The molecule has 0 saturated carbocycles. The third kappa shape index (κ3) is 3.61. The highest BCUT2D eigenvalue weighted by Crippen LogP contribution is 2.26. The van der Waals surface area contributed by atoms with Crippen LogP contribution in [0.4, 0.5) is 8.78 Å². The Morgan fingerprint density at radius 3 is 2.29 bits per heavy atom. The van der Waals surface area contributed by atoms with Crippen molar-refractivity contribution in [2.75, 3.05) is 13.6 Å². The molecule has 0 aromatic heterocycles. The van der Waals surface area contributed by atoms with E-state index in [0.29, 0.717) is 6.54 Å². The summed E-state index contributed by atoms with van der Waals surface area (Å²) in [5.41, 5.74) is -0.0343. The van der Waals surface area contributed by atoms with Gasteiger partial charge in [0.1, 0.15) is 22.8 Å². The summed E-state index contributed by atoms with van der Waals surface area (Å²) >= 11 is 5.31. The van der Waals surface area contributed by atoms with Crippen LogP contribution in [0.25, 0.3) is 0 Å². The van der Waals surface area contributed by atoms with Crippen LogP contribution in [-0.2, 0) is 0 Å². The average Bonchev–Trinajstić information content (AvgIpc) is 2.31. The van der Waals surface area contributed by atoms with Crippen LogP contribution in [0.15, 0.2) is 12.1 Å². The quantitative estimate of drug-likeness (QED) is 0.709. The maximum atomic E-state index is 13.1. The van der Waals surface area contributed by atoms with Crippen LogP contribution < -0.4 is 5.32 Å². The zero-order valence-corrected chi connectivity index (χ0v) is 10.0. The number of aliphatic hydroxyl groups excluding tert-OH is 2. The van der Waals surface area contributed by atoms with E-state index in [0.717, 1.165) is 12.1 Å². The molecule has 0 heterocycles. The number of rotatable bonds is 5. The Morgan fingerprint density at radius 2 is 1.82 bits per heavy atom. The molecule has 2 atom stereocenters. The largest absolute Gasteiger partial charge is 0.390 e. The van der Waals surface area contributed by atoms with E-state index in [9.17, 15) is 19.0 Å². The summed E-state index contributed by atoms with van der Waals surface area (Å²) in [5.74, 6) is -1.91. The molecule has 0 saturated heterocycles. The van der Waals surface area contributed by atoms with E-state index in [1.165, 1.54) is 0 Å². The molecule has 1 aromatic rings. The second-order valence-corrected chi connectivity index (χ2v) is 4.08. The number of halogens is 3. The van der Waals surface area contributed by atoms with Crippen molar-refractivity contribution in [3.05, 3.63) is 34.4 Å². The summed E-state index contributed by atoms with van der Waals surface area (Å²) in [7, 11) is 1.70. The first kappa shape index (κ1) is 14.3. The zero-order chi connectivity index (χ0) is 13.0. The monoisotopic (exact) mass is 265 g/mol. The first-order valence-corrected chi connectivity index (χ1v) is 5.50. The Hall–Kier alpha value is -0.750. The Morgan fingerprint density at radius 1 is 1.29 bits per heavy atom. The van der Waals surface area contributed by atoms with Gasteiger partial charge in [0.05, 0.1) is 6.10 Å². The predicted molar refractivity (Wildman–Crippen MR) is 60.9 cm³/mol. The Balaban J connectivity index is 2.85. The van der Waals surface area contributed by atoms with Gasteiger partial charge in [-0.25, -0.2) is 8.78 Å². The highest BCUT2D eigenvalue weighted by Gasteiger charge is 2.20. The summed E-state index contributed by atoms with van der Waals surface area (Å²) < 4.78 is 26.3. The maximum absolute atomic E-state index is 13.1. The molecule has 0 bridgehead atoms. The fraction of sp³-hybridized carbons (Fsp3) is 0.455. The summed E-state index contributed by atoms with van der Waals surface area (Å²) in [6.07, 6.45) is -2.17. The summed E-state index contributed by atoms with van der Waals surface area (Å²) in [6, 6.07) is 1.83. The van der Waals surface area contributed by atoms with Crippen molar-refractivity contribution >= 4 is 11.6 Å². The minimum Gasteiger partial charge on any atom is -0.390 e. The number of hydrogen-bond acceptors (Lipinski definition) is 3. The van der Waals surface area contributed by atoms with Gasteiger partial charge < -0.3 is 15.5 Å². The van der Waals surface area contributed by atoms with Crippen LogP contribution in [0.3, 0.4) is 0 Å². The van der Waals surface area contributed by atoms with Crippen LogP contribution in [-0.4, -0.2) is 29.9 Å². The van der Waals surface area contributed by atoms with Gasteiger partial charge in [0.25, 0.3) is 0 Å². The molecule has 0 fully saturated rings.